The lowest BCUT2D eigenvalue weighted by Crippen LogP contribution is -2.36. The Labute approximate surface area is 115 Å². The molecule has 2 rings (SSSR count). The molecule has 4 nitrogen and oxygen atoms in total. The fraction of sp³-hybridized carbons (Fsp3) is 0.417. The Morgan fingerprint density at radius 1 is 1.37 bits per heavy atom. The minimum absolute atomic E-state index is 0.0277. The van der Waals surface area contributed by atoms with Crippen LogP contribution in [0.15, 0.2) is 29.2 Å². The van der Waals surface area contributed by atoms with Crippen molar-refractivity contribution in [2.75, 3.05) is 17.3 Å². The Kier molecular flexibility index (Phi) is 4.46. The number of thioether (sulfide) groups is 1. The molecule has 104 valence electrons. The second-order valence-corrected chi connectivity index (χ2v) is 7.69. The van der Waals surface area contributed by atoms with Crippen molar-refractivity contribution in [2.24, 2.45) is 0 Å². The molecule has 1 heterocycles. The Morgan fingerprint density at radius 2 is 2.05 bits per heavy atom. The van der Waals surface area contributed by atoms with E-state index in [1.54, 1.807) is 12.1 Å². The van der Waals surface area contributed by atoms with Gasteiger partial charge in [-0.3, -0.25) is 4.79 Å². The normalized spacial score (nSPS) is 21.2. The molecule has 1 unspecified atom stereocenters. The molecule has 1 fully saturated rings. The summed E-state index contributed by atoms with van der Waals surface area (Å²) in [6, 6.07) is 5.61. The molecule has 1 aliphatic heterocycles. The van der Waals surface area contributed by atoms with Gasteiger partial charge < -0.3 is 5.32 Å². The minimum atomic E-state index is -2.98. The van der Waals surface area contributed by atoms with E-state index in [1.807, 2.05) is 0 Å². The minimum Gasteiger partial charge on any atom is -0.352 e. The SMILES string of the molecule is O=C(CSc1ccc(F)cc1)NC1CCS(=O)(=O)C1. The number of hydrogen-bond donors (Lipinski definition) is 1. The van der Waals surface area contributed by atoms with E-state index < -0.39 is 9.84 Å². The highest BCUT2D eigenvalue weighted by Crippen LogP contribution is 2.18. The molecular weight excluding hydrogens is 289 g/mol. The smallest absolute Gasteiger partial charge is 0.230 e. The lowest BCUT2D eigenvalue weighted by Gasteiger charge is -2.10. The van der Waals surface area contributed by atoms with Crippen molar-refractivity contribution in [1.29, 1.82) is 0 Å². The molecule has 1 aromatic carbocycles. The van der Waals surface area contributed by atoms with Gasteiger partial charge in [0.1, 0.15) is 5.82 Å². The number of sulfone groups is 1. The lowest BCUT2D eigenvalue weighted by atomic mass is 10.3. The third-order valence-electron chi connectivity index (χ3n) is 2.78. The molecule has 0 aliphatic carbocycles. The first-order valence-corrected chi connectivity index (χ1v) is 8.63. The number of halogens is 1. The van der Waals surface area contributed by atoms with Gasteiger partial charge in [0, 0.05) is 10.9 Å². The summed E-state index contributed by atoms with van der Waals surface area (Å²) in [5, 5.41) is 2.70. The highest BCUT2D eigenvalue weighted by molar-refractivity contribution is 8.00. The Morgan fingerprint density at radius 3 is 2.63 bits per heavy atom. The molecule has 0 bridgehead atoms. The average Bonchev–Trinajstić information content (AvgIpc) is 2.68. The summed E-state index contributed by atoms with van der Waals surface area (Å²) in [7, 11) is -2.98. The molecule has 0 saturated carbocycles. The van der Waals surface area contributed by atoms with Gasteiger partial charge in [0.05, 0.1) is 17.3 Å². The molecule has 1 saturated heterocycles. The van der Waals surface area contributed by atoms with Crippen molar-refractivity contribution in [3.8, 4) is 0 Å². The molecule has 1 aliphatic rings. The topological polar surface area (TPSA) is 63.2 Å². The van der Waals surface area contributed by atoms with Crippen LogP contribution in [0.25, 0.3) is 0 Å². The van der Waals surface area contributed by atoms with E-state index in [0.29, 0.717) is 6.42 Å². The van der Waals surface area contributed by atoms with Crippen LogP contribution in [-0.2, 0) is 14.6 Å². The van der Waals surface area contributed by atoms with Crippen molar-refractivity contribution in [3.63, 3.8) is 0 Å². The number of benzene rings is 1. The summed E-state index contributed by atoms with van der Waals surface area (Å²) >= 11 is 1.29. The van der Waals surface area contributed by atoms with Crippen LogP contribution >= 0.6 is 11.8 Å². The number of carbonyl (C=O) groups is 1. The molecule has 0 spiro atoms. The largest absolute Gasteiger partial charge is 0.352 e. The van der Waals surface area contributed by atoms with E-state index in [-0.39, 0.29) is 35.0 Å². The first-order valence-electron chi connectivity index (χ1n) is 5.83. The van der Waals surface area contributed by atoms with Crippen LogP contribution in [0, 0.1) is 5.82 Å². The van der Waals surface area contributed by atoms with E-state index >= 15 is 0 Å². The third-order valence-corrected chi connectivity index (χ3v) is 5.56. The number of carbonyl (C=O) groups excluding carboxylic acids is 1. The highest BCUT2D eigenvalue weighted by Gasteiger charge is 2.28. The van der Waals surface area contributed by atoms with Crippen LogP contribution in [-0.4, -0.2) is 37.6 Å². The Balaban J connectivity index is 1.77. The predicted octanol–water partition coefficient (Wildman–Crippen LogP) is 1.22. The van der Waals surface area contributed by atoms with Crippen molar-refractivity contribution in [2.45, 2.75) is 17.4 Å². The van der Waals surface area contributed by atoms with Crippen molar-refractivity contribution < 1.29 is 17.6 Å². The maximum atomic E-state index is 12.7. The van der Waals surface area contributed by atoms with Crippen LogP contribution in [0.5, 0.6) is 0 Å². The zero-order chi connectivity index (χ0) is 13.9. The van der Waals surface area contributed by atoms with E-state index in [4.69, 9.17) is 0 Å². The summed E-state index contributed by atoms with van der Waals surface area (Å²) in [4.78, 5) is 12.5. The Hall–Kier alpha value is -1.08. The second-order valence-electron chi connectivity index (χ2n) is 4.41. The van der Waals surface area contributed by atoms with Gasteiger partial charge in [-0.05, 0) is 30.7 Å². The monoisotopic (exact) mass is 303 g/mol. The van der Waals surface area contributed by atoms with Crippen LogP contribution in [0.3, 0.4) is 0 Å². The predicted molar refractivity (Wildman–Crippen MR) is 72.3 cm³/mol. The maximum absolute atomic E-state index is 12.7. The van der Waals surface area contributed by atoms with Gasteiger partial charge in [-0.15, -0.1) is 11.8 Å². The quantitative estimate of drug-likeness (QED) is 0.850. The molecule has 1 aromatic rings. The summed E-state index contributed by atoms with van der Waals surface area (Å²) in [5.41, 5.74) is 0. The zero-order valence-electron chi connectivity index (χ0n) is 10.1. The van der Waals surface area contributed by atoms with Crippen molar-refractivity contribution in [1.82, 2.24) is 5.32 Å². The van der Waals surface area contributed by atoms with Gasteiger partial charge in [-0.2, -0.15) is 0 Å². The molecule has 0 aromatic heterocycles. The first-order chi connectivity index (χ1) is 8.94. The molecular formula is C12H14FNO3S2. The lowest BCUT2D eigenvalue weighted by molar-refractivity contribution is -0.119. The molecule has 0 radical (unpaired) electrons. The number of amides is 1. The molecule has 1 amide bonds. The summed E-state index contributed by atoms with van der Waals surface area (Å²) < 4.78 is 35.2. The second kappa shape index (κ2) is 5.92. The summed E-state index contributed by atoms with van der Waals surface area (Å²) in [6.07, 6.45) is 0.481. The van der Waals surface area contributed by atoms with Crippen molar-refractivity contribution in [3.05, 3.63) is 30.1 Å². The third kappa shape index (κ3) is 4.50. The van der Waals surface area contributed by atoms with Gasteiger partial charge in [0.2, 0.25) is 5.91 Å². The van der Waals surface area contributed by atoms with Crippen LogP contribution < -0.4 is 5.32 Å². The van der Waals surface area contributed by atoms with Crippen molar-refractivity contribution >= 4 is 27.5 Å². The average molecular weight is 303 g/mol. The van der Waals surface area contributed by atoms with E-state index in [1.165, 1.54) is 23.9 Å². The van der Waals surface area contributed by atoms with Crippen LogP contribution in [0.2, 0.25) is 0 Å². The number of nitrogens with one attached hydrogen (secondary N) is 1. The van der Waals surface area contributed by atoms with E-state index in [0.717, 1.165) is 4.90 Å². The summed E-state index contributed by atoms with van der Waals surface area (Å²) in [6.45, 7) is 0. The highest BCUT2D eigenvalue weighted by atomic mass is 32.2. The maximum Gasteiger partial charge on any atom is 0.230 e. The van der Waals surface area contributed by atoms with Crippen LogP contribution in [0.4, 0.5) is 4.39 Å². The standard InChI is InChI=1S/C12H14FNO3S2/c13-9-1-3-11(4-2-9)18-7-12(15)14-10-5-6-19(16,17)8-10/h1-4,10H,5-8H2,(H,14,15). The van der Waals surface area contributed by atoms with Gasteiger partial charge in [0.15, 0.2) is 9.84 Å². The summed E-state index contributed by atoms with van der Waals surface area (Å²) in [5.74, 6) is -0.146. The van der Waals surface area contributed by atoms with E-state index in [9.17, 15) is 17.6 Å². The molecule has 19 heavy (non-hydrogen) atoms. The van der Waals surface area contributed by atoms with E-state index in [2.05, 4.69) is 5.32 Å². The van der Waals surface area contributed by atoms with Gasteiger partial charge in [0.25, 0.3) is 0 Å². The molecule has 7 heteroatoms. The van der Waals surface area contributed by atoms with Crippen LogP contribution in [0.1, 0.15) is 6.42 Å². The number of hydrogen-bond acceptors (Lipinski definition) is 4. The van der Waals surface area contributed by atoms with Gasteiger partial charge >= 0.3 is 0 Å². The molecule has 1 atom stereocenters. The fourth-order valence-electron chi connectivity index (χ4n) is 1.86. The Bertz CT molecular complexity index is 557. The fourth-order valence-corrected chi connectivity index (χ4v) is 4.24. The zero-order valence-corrected chi connectivity index (χ0v) is 11.8. The molecule has 1 N–H and O–H groups in total. The van der Waals surface area contributed by atoms with Gasteiger partial charge in [-0.25, -0.2) is 12.8 Å². The first kappa shape index (κ1) is 14.3. The van der Waals surface area contributed by atoms with Gasteiger partial charge in [-0.1, -0.05) is 0 Å². The number of rotatable bonds is 4.